The Bertz CT molecular complexity index is 489. The van der Waals surface area contributed by atoms with Crippen LogP contribution in [0.1, 0.15) is 22.8 Å². The van der Waals surface area contributed by atoms with Crippen LogP contribution in [0.25, 0.3) is 10.4 Å². The second-order valence-electron chi connectivity index (χ2n) is 3.57. The van der Waals surface area contributed by atoms with Crippen molar-refractivity contribution >= 4 is 0 Å². The van der Waals surface area contributed by atoms with Crippen molar-refractivity contribution in [2.24, 2.45) is 5.11 Å². The first-order valence-corrected chi connectivity index (χ1v) is 4.98. The maximum atomic E-state index is 9.92. The number of aryl methyl sites for hydroxylation is 1. The van der Waals surface area contributed by atoms with Crippen LogP contribution in [0.15, 0.2) is 23.3 Å². The van der Waals surface area contributed by atoms with Gasteiger partial charge in [-0.15, -0.1) is 0 Å². The first-order valence-electron chi connectivity index (χ1n) is 4.98. The number of rotatable bonds is 4. The van der Waals surface area contributed by atoms with Gasteiger partial charge >= 0.3 is 0 Å². The molecular formula is C11H12N4O2. The molecule has 88 valence electrons. The van der Waals surface area contributed by atoms with Crippen molar-refractivity contribution in [3.8, 4) is 6.07 Å². The summed E-state index contributed by atoms with van der Waals surface area (Å²) in [6.45, 7) is 1.50. The molecule has 0 radical (unpaired) electrons. The Labute approximate surface area is 98.4 Å². The van der Waals surface area contributed by atoms with Gasteiger partial charge in [-0.1, -0.05) is 17.2 Å². The van der Waals surface area contributed by atoms with Crippen molar-refractivity contribution in [2.75, 3.05) is 6.54 Å². The topological polar surface area (TPSA) is 113 Å². The second kappa shape index (κ2) is 5.87. The number of aliphatic hydroxyl groups is 2. The van der Waals surface area contributed by atoms with E-state index in [1.807, 2.05) is 6.07 Å². The molecule has 0 amide bonds. The van der Waals surface area contributed by atoms with Gasteiger partial charge in [-0.25, -0.2) is 0 Å². The maximum Gasteiger partial charge on any atom is 0.107 e. The summed E-state index contributed by atoms with van der Waals surface area (Å²) in [6.07, 6.45) is -2.46. The van der Waals surface area contributed by atoms with E-state index in [0.29, 0.717) is 16.7 Å². The monoisotopic (exact) mass is 232 g/mol. The zero-order chi connectivity index (χ0) is 12.8. The molecule has 0 spiro atoms. The third kappa shape index (κ3) is 2.95. The van der Waals surface area contributed by atoms with Crippen LogP contribution in [-0.4, -0.2) is 22.9 Å². The molecule has 0 aliphatic rings. The van der Waals surface area contributed by atoms with E-state index in [1.54, 1.807) is 25.1 Å². The molecule has 2 unspecified atom stereocenters. The summed E-state index contributed by atoms with van der Waals surface area (Å²) in [5.74, 6) is 0. The standard InChI is InChI=1S/C11H12N4O2/c1-7-3-2-4-8(5-12)10(7)11(17)9(16)6-14-15-13/h2-4,9,11,16-17H,6H2,1H3. The first kappa shape index (κ1) is 13.0. The molecule has 0 fully saturated rings. The number of aliphatic hydroxyl groups excluding tert-OH is 2. The quantitative estimate of drug-likeness (QED) is 0.466. The van der Waals surface area contributed by atoms with Crippen molar-refractivity contribution in [1.29, 1.82) is 5.26 Å². The lowest BCUT2D eigenvalue weighted by molar-refractivity contribution is 0.0239. The van der Waals surface area contributed by atoms with Crippen LogP contribution in [0.4, 0.5) is 0 Å². The lowest BCUT2D eigenvalue weighted by Gasteiger charge is -2.19. The number of hydrogen-bond acceptors (Lipinski definition) is 4. The van der Waals surface area contributed by atoms with Crippen molar-refractivity contribution in [1.82, 2.24) is 0 Å². The van der Waals surface area contributed by atoms with Crippen molar-refractivity contribution < 1.29 is 10.2 Å². The third-order valence-electron chi connectivity index (χ3n) is 2.44. The van der Waals surface area contributed by atoms with Crippen molar-refractivity contribution in [3.05, 3.63) is 45.3 Å². The molecule has 0 aromatic heterocycles. The van der Waals surface area contributed by atoms with E-state index in [-0.39, 0.29) is 6.54 Å². The molecule has 0 bridgehead atoms. The van der Waals surface area contributed by atoms with E-state index >= 15 is 0 Å². The summed E-state index contributed by atoms with van der Waals surface area (Å²) in [6, 6.07) is 6.95. The zero-order valence-corrected chi connectivity index (χ0v) is 9.28. The molecule has 1 aromatic rings. The number of nitriles is 1. The average molecular weight is 232 g/mol. The van der Waals surface area contributed by atoms with Gasteiger partial charge in [0.15, 0.2) is 0 Å². The Kier molecular flexibility index (Phi) is 4.49. The fourth-order valence-electron chi connectivity index (χ4n) is 1.58. The van der Waals surface area contributed by atoms with E-state index in [0.717, 1.165) is 0 Å². The minimum atomic E-state index is -1.24. The smallest absolute Gasteiger partial charge is 0.107 e. The van der Waals surface area contributed by atoms with Gasteiger partial charge in [-0.2, -0.15) is 5.26 Å². The number of benzene rings is 1. The van der Waals surface area contributed by atoms with E-state index in [2.05, 4.69) is 10.0 Å². The van der Waals surface area contributed by atoms with Gasteiger partial charge in [-0.3, -0.25) is 0 Å². The molecule has 17 heavy (non-hydrogen) atoms. The molecular weight excluding hydrogens is 220 g/mol. The Morgan fingerprint density at radius 1 is 1.53 bits per heavy atom. The molecule has 0 aliphatic carbocycles. The highest BCUT2D eigenvalue weighted by Gasteiger charge is 2.22. The normalized spacial score (nSPS) is 13.3. The highest BCUT2D eigenvalue weighted by Crippen LogP contribution is 2.24. The highest BCUT2D eigenvalue weighted by molar-refractivity contribution is 5.44. The fraction of sp³-hybridized carbons (Fsp3) is 0.364. The summed E-state index contributed by atoms with van der Waals surface area (Å²) in [7, 11) is 0. The number of azide groups is 1. The number of nitrogens with zero attached hydrogens (tertiary/aromatic N) is 4. The molecule has 6 nitrogen and oxygen atoms in total. The molecule has 2 N–H and O–H groups in total. The molecule has 0 heterocycles. The average Bonchev–Trinajstić information content (AvgIpc) is 2.34. The molecule has 2 atom stereocenters. The van der Waals surface area contributed by atoms with Crippen LogP contribution in [-0.2, 0) is 0 Å². The van der Waals surface area contributed by atoms with E-state index < -0.39 is 12.2 Å². The van der Waals surface area contributed by atoms with Gasteiger partial charge in [-0.05, 0) is 24.1 Å². The predicted molar refractivity (Wildman–Crippen MR) is 60.9 cm³/mol. The van der Waals surface area contributed by atoms with Gasteiger partial charge in [0.25, 0.3) is 0 Å². The first-order chi connectivity index (χ1) is 8.11. The summed E-state index contributed by atoms with van der Waals surface area (Å²) in [4.78, 5) is 2.51. The summed E-state index contributed by atoms with van der Waals surface area (Å²) in [5, 5.41) is 31.7. The third-order valence-corrected chi connectivity index (χ3v) is 2.44. The van der Waals surface area contributed by atoms with Gasteiger partial charge in [0.1, 0.15) is 6.10 Å². The number of hydrogen-bond donors (Lipinski definition) is 2. The molecule has 1 aromatic carbocycles. The van der Waals surface area contributed by atoms with Crippen molar-refractivity contribution in [3.63, 3.8) is 0 Å². The van der Waals surface area contributed by atoms with Crippen LogP contribution >= 0.6 is 0 Å². The van der Waals surface area contributed by atoms with Crippen LogP contribution in [0, 0.1) is 18.3 Å². The van der Waals surface area contributed by atoms with Crippen LogP contribution in [0.2, 0.25) is 0 Å². The Morgan fingerprint density at radius 3 is 2.82 bits per heavy atom. The van der Waals surface area contributed by atoms with E-state index in [9.17, 15) is 10.2 Å². The summed E-state index contributed by atoms with van der Waals surface area (Å²) >= 11 is 0. The molecule has 0 aliphatic heterocycles. The van der Waals surface area contributed by atoms with Gasteiger partial charge < -0.3 is 10.2 Å². The Balaban J connectivity index is 3.07. The van der Waals surface area contributed by atoms with Crippen LogP contribution in [0.3, 0.4) is 0 Å². The van der Waals surface area contributed by atoms with E-state index in [4.69, 9.17) is 10.8 Å². The molecule has 0 saturated heterocycles. The fourth-order valence-corrected chi connectivity index (χ4v) is 1.58. The Hall–Kier alpha value is -2.06. The minimum absolute atomic E-state index is 0.239. The zero-order valence-electron chi connectivity index (χ0n) is 9.28. The van der Waals surface area contributed by atoms with E-state index in [1.165, 1.54) is 0 Å². The lowest BCUT2D eigenvalue weighted by atomic mass is 9.94. The summed E-state index contributed by atoms with van der Waals surface area (Å²) < 4.78 is 0. The molecule has 0 saturated carbocycles. The summed E-state index contributed by atoms with van der Waals surface area (Å²) in [5.41, 5.74) is 9.52. The minimum Gasteiger partial charge on any atom is -0.390 e. The predicted octanol–water partition coefficient (Wildman–Crippen LogP) is 1.57. The van der Waals surface area contributed by atoms with Gasteiger partial charge in [0, 0.05) is 10.5 Å². The maximum absolute atomic E-state index is 9.92. The van der Waals surface area contributed by atoms with Crippen molar-refractivity contribution in [2.45, 2.75) is 19.1 Å². The second-order valence-corrected chi connectivity index (χ2v) is 3.57. The van der Waals surface area contributed by atoms with Gasteiger partial charge in [0.2, 0.25) is 0 Å². The SMILES string of the molecule is Cc1cccc(C#N)c1C(O)C(O)CN=[N+]=[N-]. The largest absolute Gasteiger partial charge is 0.390 e. The van der Waals surface area contributed by atoms with Crippen LogP contribution < -0.4 is 0 Å². The molecule has 1 rings (SSSR count). The Morgan fingerprint density at radius 2 is 2.24 bits per heavy atom. The van der Waals surface area contributed by atoms with Crippen LogP contribution in [0.5, 0.6) is 0 Å². The lowest BCUT2D eigenvalue weighted by Crippen LogP contribution is -2.22. The van der Waals surface area contributed by atoms with Gasteiger partial charge in [0.05, 0.1) is 24.3 Å². The highest BCUT2D eigenvalue weighted by atomic mass is 16.3. The molecule has 6 heteroatoms.